The van der Waals surface area contributed by atoms with E-state index < -0.39 is 21.5 Å². The number of ketones is 1. The summed E-state index contributed by atoms with van der Waals surface area (Å²) in [5, 5.41) is 0. The van der Waals surface area contributed by atoms with Crippen LogP contribution in [0.3, 0.4) is 0 Å². The predicted octanol–water partition coefficient (Wildman–Crippen LogP) is 5.58. The number of carbonyl (C=O) groups is 1. The van der Waals surface area contributed by atoms with Crippen LogP contribution in [-0.4, -0.2) is 30.3 Å². The van der Waals surface area contributed by atoms with E-state index in [0.29, 0.717) is 11.5 Å². The summed E-state index contributed by atoms with van der Waals surface area (Å²) < 4.78 is 33.7. The third-order valence-corrected chi connectivity index (χ3v) is 9.49. The molecule has 1 aromatic rings. The number of hydrogen-bond donors (Lipinski definition) is 0. The molecule has 2 fully saturated rings. The van der Waals surface area contributed by atoms with Crippen LogP contribution in [0.4, 0.5) is 0 Å². The van der Waals surface area contributed by atoms with E-state index >= 15 is 0 Å². The van der Waals surface area contributed by atoms with Crippen molar-refractivity contribution in [2.24, 2.45) is 11.3 Å². The van der Waals surface area contributed by atoms with Crippen molar-refractivity contribution in [2.75, 3.05) is 0 Å². The molecule has 0 N–H and O–H groups in total. The Labute approximate surface area is 190 Å². The molecule has 0 aliphatic heterocycles. The van der Waals surface area contributed by atoms with Gasteiger partial charge in [0.15, 0.2) is 0 Å². The first-order valence-corrected chi connectivity index (χ1v) is 13.2. The highest BCUT2D eigenvalue weighted by Gasteiger charge is 2.53. The number of benzene rings is 1. The molecule has 0 unspecified atom stereocenters. The molecule has 3 aliphatic carbocycles. The lowest BCUT2D eigenvalue weighted by Gasteiger charge is -2.52. The summed E-state index contributed by atoms with van der Waals surface area (Å²) in [5.41, 5.74) is 8.40. The van der Waals surface area contributed by atoms with Gasteiger partial charge in [-0.1, -0.05) is 64.5 Å². The molecule has 4 rings (SSSR count). The zero-order valence-electron chi connectivity index (χ0n) is 19.0. The summed E-state index contributed by atoms with van der Waals surface area (Å²) in [4.78, 5) is 15.6. The van der Waals surface area contributed by atoms with Gasteiger partial charge in [0.25, 0.3) is 15.9 Å². The minimum absolute atomic E-state index is 0.000910. The van der Waals surface area contributed by atoms with Crippen molar-refractivity contribution in [1.82, 2.24) is 0 Å². The predicted molar refractivity (Wildman–Crippen MR) is 123 cm³/mol. The number of allylic oxidation sites excluding steroid dienone is 1. The summed E-state index contributed by atoms with van der Waals surface area (Å²) >= 11 is 0. The van der Waals surface area contributed by atoms with Crippen molar-refractivity contribution in [3.8, 4) is 0 Å². The monoisotopic (exact) mass is 456 g/mol. The number of nitrogens with zero attached hydrogens (tertiary/aromatic N) is 2. The summed E-state index contributed by atoms with van der Waals surface area (Å²) in [6, 6.07) is 4.59. The number of Topliss-reactive ketones (excluding diaryl/α,β-unsaturated/α-hetero) is 1. The highest BCUT2D eigenvalue weighted by molar-refractivity contribution is 7.86. The molecule has 0 spiro atoms. The Kier molecular flexibility index (Phi) is 6.27. The molecule has 3 aliphatic rings. The number of hydrogen-bond acceptors (Lipinski definition) is 4. The van der Waals surface area contributed by atoms with Crippen LogP contribution in [0.2, 0.25) is 0 Å². The molecular formula is C25H32N2O4S. The van der Waals surface area contributed by atoms with Gasteiger partial charge in [-0.15, -0.1) is 0 Å². The van der Waals surface area contributed by atoms with E-state index in [2.05, 4.69) is 18.6 Å². The summed E-state index contributed by atoms with van der Waals surface area (Å²) in [6.45, 7) is 4.38. The maximum Gasteiger partial charge on any atom is 0.362 e. The highest BCUT2D eigenvalue weighted by Crippen LogP contribution is 2.54. The quantitative estimate of drug-likeness (QED) is 0.328. The minimum Gasteiger partial charge on any atom is -0.361 e. The maximum atomic E-state index is 13.7. The van der Waals surface area contributed by atoms with Gasteiger partial charge in [-0.2, -0.15) is 13.2 Å². The van der Waals surface area contributed by atoms with Gasteiger partial charge in [-0.3, -0.25) is 8.98 Å². The summed E-state index contributed by atoms with van der Waals surface area (Å²) in [5.74, 6) is -0.0731. The molecule has 0 atom stereocenters. The van der Waals surface area contributed by atoms with Gasteiger partial charge in [0.05, 0.1) is 5.60 Å². The smallest absolute Gasteiger partial charge is 0.361 e. The summed E-state index contributed by atoms with van der Waals surface area (Å²) in [7, 11) is -4.14. The molecule has 0 bridgehead atoms. The second-order valence-corrected chi connectivity index (χ2v) is 11.5. The Morgan fingerprint density at radius 1 is 1.03 bits per heavy atom. The lowest BCUT2D eigenvalue weighted by molar-refractivity contribution is -0.102. The SMILES string of the molecule is CC(C)(C1CCCCC1)C1(OS(=O)(=O)c2cccc3c2C=CC(=[N+]=[N-])C3=O)CCCCC1. The van der Waals surface area contributed by atoms with Crippen molar-refractivity contribution in [1.29, 1.82) is 0 Å². The highest BCUT2D eigenvalue weighted by atomic mass is 32.2. The van der Waals surface area contributed by atoms with Gasteiger partial charge in [0.2, 0.25) is 0 Å². The lowest BCUT2D eigenvalue weighted by Crippen LogP contribution is -2.53. The van der Waals surface area contributed by atoms with Crippen molar-refractivity contribution in [3.05, 3.63) is 40.9 Å². The first kappa shape index (κ1) is 23.1. The van der Waals surface area contributed by atoms with E-state index in [9.17, 15) is 13.2 Å². The number of fused-ring (bicyclic) bond motifs is 1. The third kappa shape index (κ3) is 3.91. The molecule has 6 nitrogen and oxygen atoms in total. The van der Waals surface area contributed by atoms with E-state index in [-0.39, 0.29) is 21.6 Å². The first-order chi connectivity index (χ1) is 15.2. The van der Waals surface area contributed by atoms with Crippen LogP contribution >= 0.6 is 0 Å². The standard InChI is InChI=1S/C25H32N2O4S/c1-24(2,18-10-5-3-6-11-18)25(16-7-4-8-17-25)31-32(29,30)22-13-9-12-20-19(22)14-15-21(27-26)23(20)28/h9,12-15,18H,3-8,10-11,16-17H2,1-2H3. The fourth-order valence-corrected chi connectivity index (χ4v) is 7.58. The van der Waals surface area contributed by atoms with Crippen molar-refractivity contribution < 1.29 is 22.2 Å². The molecule has 32 heavy (non-hydrogen) atoms. The zero-order chi connectivity index (χ0) is 23.0. The minimum atomic E-state index is -4.14. The van der Waals surface area contributed by atoms with Crippen LogP contribution < -0.4 is 0 Å². The van der Waals surface area contributed by atoms with Crippen molar-refractivity contribution >= 4 is 27.7 Å². The first-order valence-electron chi connectivity index (χ1n) is 11.8. The van der Waals surface area contributed by atoms with Gasteiger partial charge in [-0.05, 0) is 49.2 Å². The van der Waals surface area contributed by atoms with Crippen LogP contribution in [-0.2, 0) is 14.3 Å². The Bertz CT molecular complexity index is 1080. The number of rotatable bonds is 5. The van der Waals surface area contributed by atoms with Gasteiger partial charge < -0.3 is 5.53 Å². The second kappa shape index (κ2) is 8.69. The average Bonchev–Trinajstić information content (AvgIpc) is 2.80. The van der Waals surface area contributed by atoms with Crippen LogP contribution in [0.1, 0.15) is 94.0 Å². The molecule has 0 heterocycles. The van der Waals surface area contributed by atoms with Gasteiger partial charge >= 0.3 is 5.71 Å². The van der Waals surface area contributed by atoms with Crippen LogP contribution in [0.25, 0.3) is 11.6 Å². The molecule has 0 saturated heterocycles. The fraction of sp³-hybridized carbons (Fsp3) is 0.600. The molecule has 0 radical (unpaired) electrons. The largest absolute Gasteiger partial charge is 0.362 e. The van der Waals surface area contributed by atoms with Crippen LogP contribution in [0, 0.1) is 11.3 Å². The molecule has 0 amide bonds. The van der Waals surface area contributed by atoms with Crippen molar-refractivity contribution in [2.45, 2.75) is 88.6 Å². The Morgan fingerprint density at radius 3 is 2.34 bits per heavy atom. The Morgan fingerprint density at radius 2 is 1.69 bits per heavy atom. The number of carbonyl (C=O) groups excluding carboxylic acids is 1. The van der Waals surface area contributed by atoms with E-state index in [1.165, 1.54) is 37.5 Å². The molecule has 1 aromatic carbocycles. The van der Waals surface area contributed by atoms with Crippen LogP contribution in [0.5, 0.6) is 0 Å². The van der Waals surface area contributed by atoms with E-state index in [1.54, 1.807) is 12.1 Å². The molecule has 0 aromatic heterocycles. The average molecular weight is 457 g/mol. The molecule has 7 heteroatoms. The Balaban J connectivity index is 1.75. The van der Waals surface area contributed by atoms with E-state index in [0.717, 1.165) is 44.9 Å². The maximum absolute atomic E-state index is 13.7. The summed E-state index contributed by atoms with van der Waals surface area (Å²) in [6.07, 6.45) is 13.1. The van der Waals surface area contributed by atoms with Gasteiger partial charge in [0.1, 0.15) is 4.90 Å². The molecular weight excluding hydrogens is 424 g/mol. The lowest BCUT2D eigenvalue weighted by atomic mass is 9.58. The fourth-order valence-electron chi connectivity index (χ4n) is 6.00. The normalized spacial score (nSPS) is 21.8. The molecule has 2 saturated carbocycles. The van der Waals surface area contributed by atoms with Gasteiger partial charge in [-0.25, -0.2) is 0 Å². The van der Waals surface area contributed by atoms with Gasteiger partial charge in [0, 0.05) is 17.2 Å². The third-order valence-electron chi connectivity index (χ3n) is 8.06. The van der Waals surface area contributed by atoms with E-state index in [4.69, 9.17) is 9.71 Å². The topological polar surface area (TPSA) is 96.8 Å². The zero-order valence-corrected chi connectivity index (χ0v) is 19.8. The molecule has 172 valence electrons. The van der Waals surface area contributed by atoms with Crippen LogP contribution in [0.15, 0.2) is 29.2 Å². The Hall–Kier alpha value is -2.08. The van der Waals surface area contributed by atoms with Crippen molar-refractivity contribution in [3.63, 3.8) is 0 Å². The van der Waals surface area contributed by atoms with E-state index in [1.807, 2.05) is 0 Å². The second-order valence-electron chi connectivity index (χ2n) is 10.0.